The summed E-state index contributed by atoms with van der Waals surface area (Å²) in [5, 5.41) is 6.56. The first kappa shape index (κ1) is 15.7. The number of hydrogen-bond donors (Lipinski definition) is 2. The third-order valence-electron chi connectivity index (χ3n) is 6.98. The lowest BCUT2D eigenvalue weighted by molar-refractivity contribution is -0.0135. The van der Waals surface area contributed by atoms with Crippen LogP contribution in [0.2, 0.25) is 0 Å². The zero-order chi connectivity index (χ0) is 15.9. The van der Waals surface area contributed by atoms with Crippen molar-refractivity contribution < 1.29 is 4.79 Å². The van der Waals surface area contributed by atoms with E-state index >= 15 is 0 Å². The fraction of sp³-hybridized carbons (Fsp3) is 0.947. The smallest absolute Gasteiger partial charge is 0.315 e. The van der Waals surface area contributed by atoms with Gasteiger partial charge in [-0.2, -0.15) is 0 Å². The Hall–Kier alpha value is -0.770. The number of likely N-dealkylation sites (tertiary alicyclic amines) is 1. The van der Waals surface area contributed by atoms with Gasteiger partial charge in [0.15, 0.2) is 0 Å². The molecule has 4 nitrogen and oxygen atoms in total. The maximum absolute atomic E-state index is 12.4. The molecule has 130 valence electrons. The van der Waals surface area contributed by atoms with Crippen molar-refractivity contribution in [1.82, 2.24) is 15.5 Å². The number of piperidine rings is 1. The van der Waals surface area contributed by atoms with Crippen LogP contribution < -0.4 is 10.6 Å². The topological polar surface area (TPSA) is 44.4 Å². The van der Waals surface area contributed by atoms with Gasteiger partial charge in [-0.25, -0.2) is 4.79 Å². The van der Waals surface area contributed by atoms with E-state index in [4.69, 9.17) is 0 Å². The molecule has 0 unspecified atom stereocenters. The molecule has 5 fully saturated rings. The van der Waals surface area contributed by atoms with Crippen molar-refractivity contribution in [3.8, 4) is 0 Å². The van der Waals surface area contributed by atoms with Crippen LogP contribution in [0.15, 0.2) is 0 Å². The standard InChI is InChI=1S/C19H33N3O/c1-22-6-2-3-14(13-22)4-5-20-18(23)21-19-10-15-7-16(11-19)9-17(8-15)12-19/h14-17H,2-13H2,1H3,(H2,20,21,23)/t14-,15?,16?,17?,19?/m0/s1. The van der Waals surface area contributed by atoms with Crippen LogP contribution in [0.3, 0.4) is 0 Å². The number of amides is 2. The maximum atomic E-state index is 12.4. The van der Waals surface area contributed by atoms with Crippen LogP contribution in [0.5, 0.6) is 0 Å². The summed E-state index contributed by atoms with van der Waals surface area (Å²) >= 11 is 0. The van der Waals surface area contributed by atoms with Gasteiger partial charge >= 0.3 is 6.03 Å². The Morgan fingerprint density at radius 2 is 1.78 bits per heavy atom. The summed E-state index contributed by atoms with van der Waals surface area (Å²) in [6, 6.07) is 0.0936. The normalized spacial score (nSPS) is 42.7. The molecule has 0 radical (unpaired) electrons. The largest absolute Gasteiger partial charge is 0.338 e. The van der Waals surface area contributed by atoms with Crippen molar-refractivity contribution in [2.24, 2.45) is 23.7 Å². The summed E-state index contributed by atoms with van der Waals surface area (Å²) in [7, 11) is 2.21. The zero-order valence-corrected chi connectivity index (χ0v) is 14.7. The molecule has 0 spiro atoms. The Balaban J connectivity index is 1.23. The first-order valence-electron chi connectivity index (χ1n) is 9.85. The molecule has 2 N–H and O–H groups in total. The Morgan fingerprint density at radius 1 is 1.13 bits per heavy atom. The summed E-state index contributed by atoms with van der Waals surface area (Å²) in [4.78, 5) is 14.8. The van der Waals surface area contributed by atoms with E-state index in [-0.39, 0.29) is 11.6 Å². The van der Waals surface area contributed by atoms with Crippen LogP contribution in [0.4, 0.5) is 4.79 Å². The van der Waals surface area contributed by atoms with Gasteiger partial charge in [0.25, 0.3) is 0 Å². The number of carbonyl (C=O) groups is 1. The van der Waals surface area contributed by atoms with E-state index in [1.165, 1.54) is 64.5 Å². The predicted octanol–water partition coefficient (Wildman–Crippen LogP) is 2.99. The van der Waals surface area contributed by atoms with Crippen molar-refractivity contribution in [1.29, 1.82) is 0 Å². The molecule has 0 aromatic carbocycles. The SMILES string of the molecule is CN1CCC[C@@H](CCNC(=O)NC23CC4CC(CC(C4)C2)C3)C1. The van der Waals surface area contributed by atoms with Gasteiger partial charge < -0.3 is 15.5 Å². The van der Waals surface area contributed by atoms with Gasteiger partial charge in [0, 0.05) is 18.6 Å². The van der Waals surface area contributed by atoms with E-state index in [0.717, 1.165) is 36.6 Å². The van der Waals surface area contributed by atoms with Gasteiger partial charge in [-0.1, -0.05) is 0 Å². The van der Waals surface area contributed by atoms with E-state index in [1.54, 1.807) is 0 Å². The van der Waals surface area contributed by atoms with Gasteiger partial charge in [0.05, 0.1) is 0 Å². The number of nitrogens with zero attached hydrogens (tertiary/aromatic N) is 1. The lowest BCUT2D eigenvalue weighted by Gasteiger charge is -2.56. The van der Waals surface area contributed by atoms with Gasteiger partial charge in [0.2, 0.25) is 0 Å². The van der Waals surface area contributed by atoms with Crippen molar-refractivity contribution in [2.45, 2.75) is 63.3 Å². The van der Waals surface area contributed by atoms with Crippen LogP contribution in [0, 0.1) is 23.7 Å². The van der Waals surface area contributed by atoms with Gasteiger partial charge in [-0.3, -0.25) is 0 Å². The molecule has 0 aromatic rings. The van der Waals surface area contributed by atoms with E-state index in [9.17, 15) is 4.79 Å². The Bertz CT molecular complexity index is 415. The van der Waals surface area contributed by atoms with E-state index in [2.05, 4.69) is 22.6 Å². The number of nitrogens with one attached hydrogen (secondary N) is 2. The predicted molar refractivity (Wildman–Crippen MR) is 92.3 cm³/mol. The number of rotatable bonds is 4. The monoisotopic (exact) mass is 319 g/mol. The number of hydrogen-bond acceptors (Lipinski definition) is 2. The zero-order valence-electron chi connectivity index (χ0n) is 14.7. The highest BCUT2D eigenvalue weighted by atomic mass is 16.2. The molecule has 0 aromatic heterocycles. The van der Waals surface area contributed by atoms with E-state index < -0.39 is 0 Å². The van der Waals surface area contributed by atoms with Crippen molar-refractivity contribution >= 4 is 6.03 Å². The number of urea groups is 1. The second-order valence-corrected chi connectivity index (χ2v) is 9.14. The quantitative estimate of drug-likeness (QED) is 0.837. The molecule has 1 atom stereocenters. The molecule has 5 rings (SSSR count). The van der Waals surface area contributed by atoms with E-state index in [0.29, 0.717) is 0 Å². The van der Waals surface area contributed by atoms with Crippen LogP contribution >= 0.6 is 0 Å². The average molecular weight is 319 g/mol. The summed E-state index contributed by atoms with van der Waals surface area (Å²) in [5.74, 6) is 3.42. The van der Waals surface area contributed by atoms with Crippen molar-refractivity contribution in [3.63, 3.8) is 0 Å². The second kappa shape index (κ2) is 6.27. The van der Waals surface area contributed by atoms with Crippen LogP contribution in [-0.4, -0.2) is 43.2 Å². The van der Waals surface area contributed by atoms with Gasteiger partial charge in [-0.05, 0) is 95.1 Å². The van der Waals surface area contributed by atoms with Gasteiger partial charge in [-0.15, -0.1) is 0 Å². The van der Waals surface area contributed by atoms with Crippen molar-refractivity contribution in [2.75, 3.05) is 26.7 Å². The van der Waals surface area contributed by atoms with Gasteiger partial charge in [0.1, 0.15) is 0 Å². The lowest BCUT2D eigenvalue weighted by atomic mass is 9.53. The lowest BCUT2D eigenvalue weighted by Crippen LogP contribution is -2.61. The fourth-order valence-electron chi connectivity index (χ4n) is 6.45. The van der Waals surface area contributed by atoms with Crippen LogP contribution in [0.1, 0.15) is 57.8 Å². The highest BCUT2D eigenvalue weighted by Crippen LogP contribution is 2.55. The first-order chi connectivity index (χ1) is 11.1. The highest BCUT2D eigenvalue weighted by molar-refractivity contribution is 5.74. The molecule has 2 amide bonds. The Labute approximate surface area is 140 Å². The highest BCUT2D eigenvalue weighted by Gasteiger charge is 2.51. The number of carbonyl (C=O) groups excluding carboxylic acids is 1. The summed E-state index contributed by atoms with van der Waals surface area (Å²) in [6.07, 6.45) is 11.7. The minimum absolute atomic E-state index is 0.0936. The molecule has 1 aliphatic heterocycles. The second-order valence-electron chi connectivity index (χ2n) is 9.14. The molecule has 23 heavy (non-hydrogen) atoms. The summed E-state index contributed by atoms with van der Waals surface area (Å²) < 4.78 is 0. The van der Waals surface area contributed by atoms with Crippen molar-refractivity contribution in [3.05, 3.63) is 0 Å². The minimum atomic E-state index is 0.0936. The fourth-order valence-corrected chi connectivity index (χ4v) is 6.45. The third-order valence-corrected chi connectivity index (χ3v) is 6.98. The maximum Gasteiger partial charge on any atom is 0.315 e. The summed E-state index contributed by atoms with van der Waals surface area (Å²) in [6.45, 7) is 3.26. The molecule has 4 aliphatic carbocycles. The minimum Gasteiger partial charge on any atom is -0.338 e. The Kier molecular flexibility index (Phi) is 4.29. The van der Waals surface area contributed by atoms with Crippen LogP contribution in [-0.2, 0) is 0 Å². The molecular weight excluding hydrogens is 286 g/mol. The molecule has 4 saturated carbocycles. The van der Waals surface area contributed by atoms with Crippen LogP contribution in [0.25, 0.3) is 0 Å². The summed E-state index contributed by atoms with van der Waals surface area (Å²) in [5.41, 5.74) is 0.143. The third kappa shape index (κ3) is 3.52. The molecule has 1 saturated heterocycles. The first-order valence-corrected chi connectivity index (χ1v) is 9.85. The molecule has 1 heterocycles. The molecular formula is C19H33N3O. The molecule has 4 heteroatoms. The van der Waals surface area contributed by atoms with E-state index in [1.807, 2.05) is 0 Å². The molecule has 4 bridgehead atoms. The Morgan fingerprint density at radius 3 is 2.39 bits per heavy atom. The molecule has 5 aliphatic rings. The average Bonchev–Trinajstić information content (AvgIpc) is 2.45.